The minimum absolute atomic E-state index is 0.0913. The molecule has 7 heteroatoms. The summed E-state index contributed by atoms with van der Waals surface area (Å²) in [7, 11) is 0. The van der Waals surface area contributed by atoms with Gasteiger partial charge in [0.1, 0.15) is 0 Å². The van der Waals surface area contributed by atoms with Gasteiger partial charge in [-0.3, -0.25) is 9.59 Å². The smallest absolute Gasteiger partial charge is 0.374 e. The summed E-state index contributed by atoms with van der Waals surface area (Å²) in [4.78, 5) is 35.7. The standard InChI is InChI=1S/C35H50O7/c36-33(35(38)42-28-18-8-4-2-6-16-26-40-30-32-21-13-10-14-22-32)23-24-34(37)41-27-17-7-3-1-5-15-25-39-29-31-19-11-9-12-20-31/h9-14,19-22H,1-8,15-18,23-30H2. The lowest BCUT2D eigenvalue weighted by Gasteiger charge is -2.06. The zero-order chi connectivity index (χ0) is 29.9. The van der Waals surface area contributed by atoms with E-state index < -0.39 is 17.7 Å². The lowest BCUT2D eigenvalue weighted by Crippen LogP contribution is -2.19. The first-order valence-electron chi connectivity index (χ1n) is 15.7. The first kappa shape index (κ1) is 35.2. The van der Waals surface area contributed by atoms with Crippen LogP contribution < -0.4 is 0 Å². The van der Waals surface area contributed by atoms with Crippen molar-refractivity contribution in [2.45, 2.75) is 103 Å². The first-order valence-corrected chi connectivity index (χ1v) is 15.7. The average Bonchev–Trinajstić information content (AvgIpc) is 3.02. The van der Waals surface area contributed by atoms with E-state index in [4.69, 9.17) is 18.9 Å². The highest BCUT2D eigenvalue weighted by Gasteiger charge is 2.17. The third-order valence-corrected chi connectivity index (χ3v) is 6.87. The van der Waals surface area contributed by atoms with Gasteiger partial charge < -0.3 is 18.9 Å². The number of carbonyl (C=O) groups is 3. The molecule has 0 heterocycles. The molecular weight excluding hydrogens is 532 g/mol. The van der Waals surface area contributed by atoms with E-state index >= 15 is 0 Å². The van der Waals surface area contributed by atoms with Gasteiger partial charge in [0, 0.05) is 19.6 Å². The molecule has 0 unspecified atom stereocenters. The van der Waals surface area contributed by atoms with E-state index in [-0.39, 0.29) is 19.4 Å². The fourth-order valence-electron chi connectivity index (χ4n) is 4.38. The van der Waals surface area contributed by atoms with Crippen LogP contribution in [0.25, 0.3) is 0 Å². The molecule has 7 nitrogen and oxygen atoms in total. The lowest BCUT2D eigenvalue weighted by molar-refractivity contribution is -0.155. The van der Waals surface area contributed by atoms with Gasteiger partial charge in [0.25, 0.3) is 0 Å². The molecule has 0 radical (unpaired) electrons. The number of rotatable bonds is 26. The predicted octanol–water partition coefficient (Wildman–Crippen LogP) is 7.54. The van der Waals surface area contributed by atoms with E-state index in [0.29, 0.717) is 19.8 Å². The van der Waals surface area contributed by atoms with Crippen molar-refractivity contribution in [1.29, 1.82) is 0 Å². The minimum atomic E-state index is -0.858. The van der Waals surface area contributed by atoms with Crippen LogP contribution in [0.3, 0.4) is 0 Å². The van der Waals surface area contributed by atoms with Gasteiger partial charge in [-0.05, 0) is 36.8 Å². The van der Waals surface area contributed by atoms with Crippen LogP contribution in [0.5, 0.6) is 0 Å². The van der Waals surface area contributed by atoms with Crippen molar-refractivity contribution >= 4 is 17.7 Å². The Balaban J connectivity index is 1.29. The summed E-state index contributed by atoms with van der Waals surface area (Å²) in [6.45, 7) is 3.42. The summed E-state index contributed by atoms with van der Waals surface area (Å²) in [6.07, 6.45) is 11.9. The second kappa shape index (κ2) is 24.6. The normalized spacial score (nSPS) is 10.9. The number of unbranched alkanes of at least 4 members (excludes halogenated alkanes) is 10. The van der Waals surface area contributed by atoms with Gasteiger partial charge in [0.15, 0.2) is 0 Å². The van der Waals surface area contributed by atoms with E-state index in [2.05, 4.69) is 24.3 Å². The highest BCUT2D eigenvalue weighted by molar-refractivity contribution is 6.33. The first-order chi connectivity index (χ1) is 20.6. The van der Waals surface area contributed by atoms with Crippen LogP contribution in [0.4, 0.5) is 0 Å². The topological polar surface area (TPSA) is 88.1 Å². The van der Waals surface area contributed by atoms with E-state index in [1.165, 1.54) is 11.1 Å². The van der Waals surface area contributed by atoms with Crippen LogP contribution in [0, 0.1) is 0 Å². The molecule has 0 atom stereocenters. The Hall–Kier alpha value is -3.03. The van der Waals surface area contributed by atoms with Crippen molar-refractivity contribution in [2.24, 2.45) is 0 Å². The summed E-state index contributed by atoms with van der Waals surface area (Å²) in [5.41, 5.74) is 2.39. The molecule has 0 bridgehead atoms. The third kappa shape index (κ3) is 19.2. The summed E-state index contributed by atoms with van der Waals surface area (Å²) in [6, 6.07) is 20.3. The van der Waals surface area contributed by atoms with Crippen molar-refractivity contribution in [3.05, 3.63) is 71.8 Å². The largest absolute Gasteiger partial charge is 0.466 e. The molecule has 0 spiro atoms. The van der Waals surface area contributed by atoms with Crippen LogP contribution in [0.1, 0.15) is 101 Å². The van der Waals surface area contributed by atoms with Gasteiger partial charge >= 0.3 is 11.9 Å². The maximum Gasteiger partial charge on any atom is 0.374 e. The molecule has 42 heavy (non-hydrogen) atoms. The molecule has 0 saturated carbocycles. The Morgan fingerprint density at radius 3 is 1.33 bits per heavy atom. The molecule has 2 rings (SSSR count). The molecule has 0 N–H and O–H groups in total. The highest BCUT2D eigenvalue weighted by atomic mass is 16.5. The Kier molecular flexibility index (Phi) is 20.6. The summed E-state index contributed by atoms with van der Waals surface area (Å²) in [5, 5.41) is 0. The summed E-state index contributed by atoms with van der Waals surface area (Å²) < 4.78 is 21.6. The quantitative estimate of drug-likeness (QED) is 0.0643. The molecule has 2 aromatic carbocycles. The van der Waals surface area contributed by atoms with Crippen molar-refractivity contribution < 1.29 is 33.3 Å². The van der Waals surface area contributed by atoms with Crippen LogP contribution in [-0.4, -0.2) is 44.1 Å². The molecule has 0 saturated heterocycles. The second-order valence-corrected chi connectivity index (χ2v) is 10.6. The molecule has 0 aliphatic carbocycles. The van der Waals surface area contributed by atoms with Crippen molar-refractivity contribution in [1.82, 2.24) is 0 Å². The highest BCUT2D eigenvalue weighted by Crippen LogP contribution is 2.09. The van der Waals surface area contributed by atoms with Crippen molar-refractivity contribution in [3.63, 3.8) is 0 Å². The lowest BCUT2D eigenvalue weighted by atomic mass is 10.1. The molecule has 2 aromatic rings. The van der Waals surface area contributed by atoms with E-state index in [1.807, 2.05) is 36.4 Å². The van der Waals surface area contributed by atoms with Crippen LogP contribution in [-0.2, 0) is 46.5 Å². The van der Waals surface area contributed by atoms with Gasteiger partial charge in [-0.25, -0.2) is 4.79 Å². The maximum absolute atomic E-state index is 11.9. The molecule has 232 valence electrons. The SMILES string of the molecule is O=C(CCC(=O)C(=O)OCCCCCCCCOCc1ccccc1)OCCCCCCCCOCc1ccccc1. The molecule has 0 fully saturated rings. The Morgan fingerprint density at radius 1 is 0.452 bits per heavy atom. The summed E-state index contributed by atoms with van der Waals surface area (Å²) >= 11 is 0. The van der Waals surface area contributed by atoms with Gasteiger partial charge in [0.2, 0.25) is 5.78 Å². The molecular formula is C35H50O7. The molecule has 0 aromatic heterocycles. The number of hydrogen-bond donors (Lipinski definition) is 0. The van der Waals surface area contributed by atoms with E-state index in [0.717, 1.165) is 90.3 Å². The van der Waals surface area contributed by atoms with Gasteiger partial charge in [-0.2, -0.15) is 0 Å². The fourth-order valence-corrected chi connectivity index (χ4v) is 4.38. The number of hydrogen-bond acceptors (Lipinski definition) is 7. The average molecular weight is 583 g/mol. The van der Waals surface area contributed by atoms with Crippen LogP contribution >= 0.6 is 0 Å². The van der Waals surface area contributed by atoms with Crippen LogP contribution in [0.15, 0.2) is 60.7 Å². The number of esters is 2. The molecule has 0 aliphatic heterocycles. The maximum atomic E-state index is 11.9. The zero-order valence-electron chi connectivity index (χ0n) is 25.3. The Morgan fingerprint density at radius 2 is 0.857 bits per heavy atom. The number of benzene rings is 2. The van der Waals surface area contributed by atoms with Gasteiger partial charge in [-0.15, -0.1) is 0 Å². The van der Waals surface area contributed by atoms with E-state index in [9.17, 15) is 14.4 Å². The van der Waals surface area contributed by atoms with Gasteiger partial charge in [0.05, 0.1) is 32.8 Å². The minimum Gasteiger partial charge on any atom is -0.466 e. The Bertz CT molecular complexity index is 962. The third-order valence-electron chi connectivity index (χ3n) is 6.87. The van der Waals surface area contributed by atoms with Crippen molar-refractivity contribution in [2.75, 3.05) is 26.4 Å². The fraction of sp³-hybridized carbons (Fsp3) is 0.571. The summed E-state index contributed by atoms with van der Waals surface area (Å²) in [5.74, 6) is -1.98. The number of ketones is 1. The van der Waals surface area contributed by atoms with Crippen molar-refractivity contribution in [3.8, 4) is 0 Å². The Labute approximate surface area is 252 Å². The van der Waals surface area contributed by atoms with Crippen LogP contribution in [0.2, 0.25) is 0 Å². The monoisotopic (exact) mass is 582 g/mol. The number of Topliss-reactive ketones (excluding diaryl/α,β-unsaturated/α-hetero) is 1. The second-order valence-electron chi connectivity index (χ2n) is 10.6. The predicted molar refractivity (Wildman–Crippen MR) is 164 cm³/mol. The molecule has 0 amide bonds. The molecule has 0 aliphatic rings. The van der Waals surface area contributed by atoms with Gasteiger partial charge in [-0.1, -0.05) is 112 Å². The zero-order valence-corrected chi connectivity index (χ0v) is 25.3. The van der Waals surface area contributed by atoms with E-state index in [1.54, 1.807) is 0 Å². The number of carbonyl (C=O) groups excluding carboxylic acids is 3. The number of ether oxygens (including phenoxy) is 4.